The summed E-state index contributed by atoms with van der Waals surface area (Å²) in [5, 5.41) is 0. The van der Waals surface area contributed by atoms with Crippen LogP contribution in [0.3, 0.4) is 0 Å². The van der Waals surface area contributed by atoms with Crippen LogP contribution in [-0.2, 0) is 4.79 Å². The summed E-state index contributed by atoms with van der Waals surface area (Å²) >= 11 is 3.23. The Kier molecular flexibility index (Phi) is 1.63. The summed E-state index contributed by atoms with van der Waals surface area (Å²) in [5.74, 6) is -0.0185. The summed E-state index contributed by atoms with van der Waals surface area (Å²) in [5.41, 5.74) is 0. The molecular formula is C6H5BrO. The predicted molar refractivity (Wildman–Crippen MR) is 35.7 cm³/mol. The van der Waals surface area contributed by atoms with E-state index in [9.17, 15) is 4.79 Å². The number of hydrogen-bond donors (Lipinski definition) is 0. The molecule has 8 heavy (non-hydrogen) atoms. The maximum absolute atomic E-state index is 10.1. The van der Waals surface area contributed by atoms with Crippen LogP contribution in [-0.4, -0.2) is 6.29 Å². The smallest absolute Gasteiger partial charge is 0.131 e. The van der Waals surface area contributed by atoms with Gasteiger partial charge in [0.1, 0.15) is 6.29 Å². The van der Waals surface area contributed by atoms with Crippen LogP contribution in [0.5, 0.6) is 0 Å². The number of aldehydes is 1. The molecule has 0 aliphatic heterocycles. The van der Waals surface area contributed by atoms with Crippen molar-refractivity contribution in [2.75, 3.05) is 0 Å². The highest BCUT2D eigenvalue weighted by atomic mass is 79.9. The maximum Gasteiger partial charge on any atom is 0.131 e. The van der Waals surface area contributed by atoms with Gasteiger partial charge in [0.05, 0.1) is 5.92 Å². The fourth-order valence-corrected chi connectivity index (χ4v) is 0.994. The highest BCUT2D eigenvalue weighted by Gasteiger charge is 2.08. The molecule has 1 rings (SSSR count). The molecular weight excluding hydrogens is 168 g/mol. The van der Waals surface area contributed by atoms with Gasteiger partial charge in [-0.15, -0.1) is 0 Å². The van der Waals surface area contributed by atoms with Crippen LogP contribution in [0, 0.1) is 5.92 Å². The van der Waals surface area contributed by atoms with E-state index in [1.54, 1.807) is 0 Å². The van der Waals surface area contributed by atoms with Crippen molar-refractivity contribution in [3.8, 4) is 0 Å². The quantitative estimate of drug-likeness (QED) is 0.551. The third-order valence-corrected chi connectivity index (χ3v) is 1.83. The van der Waals surface area contributed by atoms with E-state index in [4.69, 9.17) is 0 Å². The van der Waals surface area contributed by atoms with Crippen LogP contribution in [0.4, 0.5) is 0 Å². The molecule has 0 spiro atoms. The predicted octanol–water partition coefficient (Wildman–Crippen LogP) is 1.65. The molecule has 0 fully saturated rings. The zero-order valence-corrected chi connectivity index (χ0v) is 5.76. The Hall–Kier alpha value is -0.370. The molecule has 0 radical (unpaired) electrons. The lowest BCUT2D eigenvalue weighted by Crippen LogP contribution is -1.91. The summed E-state index contributed by atoms with van der Waals surface area (Å²) in [6, 6.07) is 0. The summed E-state index contributed by atoms with van der Waals surface area (Å²) in [7, 11) is 0. The van der Waals surface area contributed by atoms with E-state index in [1.165, 1.54) is 0 Å². The number of carbonyl (C=O) groups is 1. The molecule has 0 N–H and O–H groups in total. The normalized spacial score (nSPS) is 25.6. The molecule has 2 heteroatoms. The molecule has 1 nitrogen and oxygen atoms in total. The lowest BCUT2D eigenvalue weighted by molar-refractivity contribution is -0.108. The van der Waals surface area contributed by atoms with Gasteiger partial charge in [0.15, 0.2) is 0 Å². The van der Waals surface area contributed by atoms with Crippen LogP contribution in [0.25, 0.3) is 0 Å². The third kappa shape index (κ3) is 0.892. The van der Waals surface area contributed by atoms with Crippen molar-refractivity contribution < 1.29 is 4.79 Å². The summed E-state index contributed by atoms with van der Waals surface area (Å²) in [4.78, 5) is 10.1. The standard InChI is InChI=1S/C6H5BrO/c7-6-3-1-2-5(6)4-8/h1-5H/t5-/m0/s1. The fourth-order valence-electron chi connectivity index (χ4n) is 0.581. The molecule has 0 amide bonds. The molecule has 0 heterocycles. The molecule has 42 valence electrons. The van der Waals surface area contributed by atoms with Crippen molar-refractivity contribution in [1.82, 2.24) is 0 Å². The van der Waals surface area contributed by atoms with E-state index < -0.39 is 0 Å². The second-order valence-corrected chi connectivity index (χ2v) is 2.51. The zero-order chi connectivity index (χ0) is 5.98. The summed E-state index contributed by atoms with van der Waals surface area (Å²) in [6.07, 6.45) is 6.49. The molecule has 1 aliphatic carbocycles. The Balaban J connectivity index is 2.71. The number of carbonyl (C=O) groups excluding carboxylic acids is 1. The second-order valence-electron chi connectivity index (χ2n) is 1.60. The van der Waals surface area contributed by atoms with Crippen LogP contribution in [0.15, 0.2) is 22.7 Å². The molecule has 0 bridgehead atoms. The van der Waals surface area contributed by atoms with Crippen molar-refractivity contribution in [2.24, 2.45) is 5.92 Å². The lowest BCUT2D eigenvalue weighted by atomic mass is 10.2. The number of rotatable bonds is 1. The minimum absolute atomic E-state index is 0.0185. The number of hydrogen-bond acceptors (Lipinski definition) is 1. The Bertz CT molecular complexity index is 158. The molecule has 0 saturated heterocycles. The van der Waals surface area contributed by atoms with Gasteiger partial charge in [-0.05, 0) is 0 Å². The van der Waals surface area contributed by atoms with E-state index in [0.717, 1.165) is 10.8 Å². The molecule has 1 atom stereocenters. The number of allylic oxidation sites excluding steroid dienone is 4. The van der Waals surface area contributed by atoms with Gasteiger partial charge in [0.25, 0.3) is 0 Å². The molecule has 0 aromatic rings. The third-order valence-electron chi connectivity index (χ3n) is 1.04. The minimum atomic E-state index is -0.0185. The zero-order valence-electron chi connectivity index (χ0n) is 4.17. The Morgan fingerprint density at radius 2 is 2.50 bits per heavy atom. The second kappa shape index (κ2) is 2.27. The van der Waals surface area contributed by atoms with Crippen molar-refractivity contribution in [2.45, 2.75) is 0 Å². The molecule has 0 unspecified atom stereocenters. The highest BCUT2D eigenvalue weighted by molar-refractivity contribution is 9.11. The van der Waals surface area contributed by atoms with Crippen LogP contribution in [0.1, 0.15) is 0 Å². The Morgan fingerprint density at radius 1 is 1.75 bits per heavy atom. The first kappa shape index (κ1) is 5.76. The van der Waals surface area contributed by atoms with Gasteiger partial charge in [-0.1, -0.05) is 34.2 Å². The topological polar surface area (TPSA) is 17.1 Å². The molecule has 0 aromatic heterocycles. The Labute approximate surface area is 56.2 Å². The molecule has 1 aliphatic rings. The SMILES string of the molecule is O=C[C@@H]1C=CC=C1Br. The fraction of sp³-hybridized carbons (Fsp3) is 0.167. The van der Waals surface area contributed by atoms with Gasteiger partial charge in [-0.3, -0.25) is 0 Å². The van der Waals surface area contributed by atoms with Crippen molar-refractivity contribution in [3.05, 3.63) is 22.7 Å². The van der Waals surface area contributed by atoms with Crippen LogP contribution < -0.4 is 0 Å². The van der Waals surface area contributed by atoms with E-state index in [2.05, 4.69) is 15.9 Å². The van der Waals surface area contributed by atoms with E-state index in [0.29, 0.717) is 0 Å². The monoisotopic (exact) mass is 172 g/mol. The summed E-state index contributed by atoms with van der Waals surface area (Å²) in [6.45, 7) is 0. The van der Waals surface area contributed by atoms with E-state index >= 15 is 0 Å². The molecule has 0 aromatic carbocycles. The average Bonchev–Trinajstić information content (AvgIpc) is 2.14. The van der Waals surface area contributed by atoms with Gasteiger partial charge in [0, 0.05) is 4.48 Å². The van der Waals surface area contributed by atoms with Gasteiger partial charge >= 0.3 is 0 Å². The molecule has 0 saturated carbocycles. The number of halogens is 1. The Morgan fingerprint density at radius 3 is 2.75 bits per heavy atom. The highest BCUT2D eigenvalue weighted by Crippen LogP contribution is 2.21. The van der Waals surface area contributed by atoms with Crippen molar-refractivity contribution >= 4 is 22.2 Å². The minimum Gasteiger partial charge on any atom is -0.302 e. The first-order valence-corrected chi connectivity index (χ1v) is 3.13. The van der Waals surface area contributed by atoms with Crippen molar-refractivity contribution in [3.63, 3.8) is 0 Å². The summed E-state index contributed by atoms with van der Waals surface area (Å²) < 4.78 is 0.951. The van der Waals surface area contributed by atoms with Crippen LogP contribution >= 0.6 is 15.9 Å². The van der Waals surface area contributed by atoms with Crippen LogP contribution in [0.2, 0.25) is 0 Å². The first-order chi connectivity index (χ1) is 3.84. The van der Waals surface area contributed by atoms with Gasteiger partial charge in [-0.25, -0.2) is 0 Å². The van der Waals surface area contributed by atoms with Crippen molar-refractivity contribution in [1.29, 1.82) is 0 Å². The van der Waals surface area contributed by atoms with Gasteiger partial charge in [-0.2, -0.15) is 0 Å². The van der Waals surface area contributed by atoms with Gasteiger partial charge in [0.2, 0.25) is 0 Å². The average molecular weight is 173 g/mol. The largest absolute Gasteiger partial charge is 0.302 e. The van der Waals surface area contributed by atoms with E-state index in [1.807, 2.05) is 18.2 Å². The first-order valence-electron chi connectivity index (χ1n) is 2.34. The lowest BCUT2D eigenvalue weighted by Gasteiger charge is -1.93. The maximum atomic E-state index is 10.1. The van der Waals surface area contributed by atoms with Gasteiger partial charge < -0.3 is 4.79 Å². The van der Waals surface area contributed by atoms with E-state index in [-0.39, 0.29) is 5.92 Å².